The van der Waals surface area contributed by atoms with Crippen LogP contribution < -0.4 is 18.9 Å². The summed E-state index contributed by atoms with van der Waals surface area (Å²) in [5.74, 6) is -0.400. The van der Waals surface area contributed by atoms with E-state index in [1.165, 1.54) is 38.7 Å². The second-order valence-corrected chi connectivity index (χ2v) is 33.3. The number of piperidine rings is 8. The number of halogens is 4. The number of carbonyl (C=O) groups excluding carboxylic acids is 4. The van der Waals surface area contributed by atoms with Crippen molar-refractivity contribution in [2.75, 3.05) is 26.2 Å². The molecule has 0 radical (unpaired) electrons. The summed E-state index contributed by atoms with van der Waals surface area (Å²) >= 11 is 0. The van der Waals surface area contributed by atoms with Gasteiger partial charge in [0.15, 0.2) is 40.6 Å². The molecule has 12 fully saturated rings. The molecular weight excluding hydrogens is 1590 g/mol. The van der Waals surface area contributed by atoms with E-state index in [1.54, 1.807) is 133 Å². The largest absolute Gasteiger partial charge is 0.470 e. The highest BCUT2D eigenvalue weighted by Gasteiger charge is 2.50. The molecule has 4 aliphatic carbocycles. The number of pyridine rings is 7. The molecule has 11 aromatic heterocycles. The normalized spacial score (nSPS) is 22.5. The lowest BCUT2D eigenvalue weighted by Gasteiger charge is -2.49. The molecule has 4 saturated carbocycles. The van der Waals surface area contributed by atoms with Crippen LogP contribution in [-0.4, -0.2) is 208 Å². The lowest BCUT2D eigenvalue weighted by molar-refractivity contribution is -0.0329. The molecule has 0 spiro atoms. The molecule has 12 atom stereocenters. The summed E-state index contributed by atoms with van der Waals surface area (Å²) in [5, 5.41) is 24.9. The van der Waals surface area contributed by atoms with Crippen molar-refractivity contribution in [2.45, 2.75) is 174 Å². The van der Waals surface area contributed by atoms with Crippen molar-refractivity contribution in [3.8, 4) is 52.2 Å². The molecule has 638 valence electrons. The summed E-state index contributed by atoms with van der Waals surface area (Å²) in [4.78, 5) is 105. The van der Waals surface area contributed by atoms with Crippen LogP contribution in [0.1, 0.15) is 158 Å². The van der Waals surface area contributed by atoms with E-state index in [9.17, 15) is 36.7 Å². The third-order valence-corrected chi connectivity index (χ3v) is 24.2. The molecule has 1 aromatic carbocycles. The van der Waals surface area contributed by atoms with Gasteiger partial charge in [-0.1, -0.05) is 12.1 Å². The highest BCUT2D eigenvalue weighted by Crippen LogP contribution is 2.44. The summed E-state index contributed by atoms with van der Waals surface area (Å²) < 4.78 is 81.3. The molecule has 34 heteroatoms. The van der Waals surface area contributed by atoms with Gasteiger partial charge in [0, 0.05) is 81.4 Å². The maximum absolute atomic E-state index is 14.4. The number of benzene rings is 1. The molecule has 124 heavy (non-hydrogen) atoms. The number of carbonyl (C=O) groups is 4. The number of hydrogen-bond acceptors (Lipinski definition) is 23. The van der Waals surface area contributed by atoms with Crippen molar-refractivity contribution in [1.82, 2.24) is 109 Å². The number of aryl methyl sites for hydroxylation is 7. The first-order valence-corrected chi connectivity index (χ1v) is 41.8. The highest BCUT2D eigenvalue weighted by atomic mass is 19.1. The number of rotatable bonds is 16. The van der Waals surface area contributed by atoms with Crippen LogP contribution in [0.5, 0.6) is 23.5 Å². The van der Waals surface area contributed by atoms with Crippen LogP contribution >= 0.6 is 0 Å². The minimum absolute atomic E-state index is 0.00357. The molecular formula is C90H92F4N22O8. The van der Waals surface area contributed by atoms with E-state index in [4.69, 9.17) is 18.9 Å². The first kappa shape index (κ1) is 82.9. The molecule has 4 amide bonds. The van der Waals surface area contributed by atoms with Gasteiger partial charge in [-0.15, -0.1) is 9.59 Å². The maximum Gasteiger partial charge on any atom is 0.275 e. The van der Waals surface area contributed by atoms with Crippen molar-refractivity contribution in [2.24, 2.45) is 23.7 Å². The summed E-state index contributed by atoms with van der Waals surface area (Å²) in [5.41, 5.74) is 8.84. The van der Waals surface area contributed by atoms with Crippen molar-refractivity contribution in [1.29, 1.82) is 0 Å². The minimum atomic E-state index is -0.480. The second kappa shape index (κ2) is 35.9. The van der Waals surface area contributed by atoms with Gasteiger partial charge < -0.3 is 38.5 Å². The zero-order chi connectivity index (χ0) is 86.0. The number of ether oxygens (including phenoxy) is 4. The van der Waals surface area contributed by atoms with Gasteiger partial charge in [-0.25, -0.2) is 57.4 Å². The summed E-state index contributed by atoms with van der Waals surface area (Å²) in [6, 6.07) is 21.4. The van der Waals surface area contributed by atoms with Crippen molar-refractivity contribution in [3.63, 3.8) is 0 Å². The fourth-order valence-electron chi connectivity index (χ4n) is 18.5. The van der Waals surface area contributed by atoms with Gasteiger partial charge >= 0.3 is 0 Å². The Bertz CT molecular complexity index is 5710. The molecule has 8 saturated heterocycles. The number of para-hydroxylation sites is 1. The summed E-state index contributed by atoms with van der Waals surface area (Å²) in [6.07, 6.45) is 31.7. The Morgan fingerprint density at radius 2 is 0.685 bits per heavy atom. The van der Waals surface area contributed by atoms with E-state index in [1.807, 2.05) is 76.8 Å². The van der Waals surface area contributed by atoms with Crippen LogP contribution in [0.3, 0.4) is 0 Å². The number of aromatic nitrogens is 18. The zero-order valence-electron chi connectivity index (χ0n) is 69.4. The third kappa shape index (κ3) is 17.8. The molecule has 12 aliphatic rings. The SMILES string of the molecule is Cc1cnc(OC2CC3CCC2N(C(=O)c2cc(C)cnc2-c2ncccn2)C3)c(F)c1.Cc1cnc(OC2CC3CCC2N(C(=O)c2cc(C)cnc2-n2nccn2)C3)c(F)c1.Cc1cnc(OC2CC3CCC2N(C(=O)c2ccccc2-n2nccn2)C3)c(F)c1.Cc1cnc(OC2CC3CCC2N(C(=O)c2nc(C)ccc2-n2nccn2)C3)c(F)c1. The zero-order valence-corrected chi connectivity index (χ0v) is 69.4. The van der Waals surface area contributed by atoms with E-state index in [0.29, 0.717) is 101 Å². The standard InChI is InChI=1S/C24H24FN5O2.2C22H23FN6O2.C22H22FN5O2/c1-14-8-17(21(28-11-14)22-26-6-3-7-27-22)24(31)30-13-16-4-5-19(30)20(10-16)32-23-18(25)9-15(2)12-29-23;1-13-9-16(23)21(24-11-13)31-19-10-15-4-6-17(19)28(12-15)22(30)20-18(5-3-14(2)27-20)29-25-7-8-26-29;1-13-7-16(20(24-10-13)29-26-5-6-27-29)22(30)28-12-15-3-4-18(28)19(9-15)31-21-17(23)8-14(2)11-25-21;1-14-10-17(23)21(24-12-14)30-20-11-15-6-7-19(20)27(13-15)22(29)16-4-2-3-5-18(16)28-25-8-9-26-28/h3,6-9,11-12,16,19-20H,4-5,10,13H2,1-2H3;3,5,7-9,11,15,17,19H,4,6,10,12H2,1-2H3;5-8,10-11,15,18-19H,3-4,9,12H2,1-2H3;2-5,8-10,12,15,19-20H,6-7,11,13H2,1H3. The molecule has 12 unspecified atom stereocenters. The quantitative estimate of drug-likeness (QED) is 0.0811. The van der Waals surface area contributed by atoms with E-state index >= 15 is 0 Å². The fourth-order valence-corrected chi connectivity index (χ4v) is 18.5. The summed E-state index contributed by atoms with van der Waals surface area (Å²) in [6.45, 7) is 15.4. The second-order valence-electron chi connectivity index (χ2n) is 33.3. The minimum Gasteiger partial charge on any atom is -0.470 e. The Morgan fingerprint density at radius 1 is 0.339 bits per heavy atom. The smallest absolute Gasteiger partial charge is 0.275 e. The first-order chi connectivity index (χ1) is 60.1. The van der Waals surface area contributed by atoms with E-state index in [-0.39, 0.29) is 95.7 Å². The van der Waals surface area contributed by atoms with Gasteiger partial charge in [0.05, 0.1) is 83.7 Å². The molecule has 0 N–H and O–H groups in total. The molecule has 30 nitrogen and oxygen atoms in total. The van der Waals surface area contributed by atoms with Gasteiger partial charge in [-0.2, -0.15) is 35.4 Å². The first-order valence-electron chi connectivity index (χ1n) is 41.8. The van der Waals surface area contributed by atoms with Gasteiger partial charge in [0.25, 0.3) is 47.1 Å². The van der Waals surface area contributed by atoms with Crippen LogP contribution in [0.2, 0.25) is 0 Å². The topological polar surface area (TPSA) is 326 Å². The van der Waals surface area contributed by atoms with Crippen LogP contribution in [0.15, 0.2) is 166 Å². The molecule has 8 bridgehead atoms. The predicted octanol–water partition coefficient (Wildman–Crippen LogP) is 12.7. The van der Waals surface area contributed by atoms with Crippen molar-refractivity contribution < 1.29 is 55.7 Å². The van der Waals surface area contributed by atoms with Crippen molar-refractivity contribution >= 4 is 23.6 Å². The van der Waals surface area contributed by atoms with E-state index < -0.39 is 23.3 Å². The van der Waals surface area contributed by atoms with Gasteiger partial charge in [-0.05, 0) is 249 Å². The van der Waals surface area contributed by atoms with Crippen LogP contribution in [0, 0.1) is 95.4 Å². The predicted molar refractivity (Wildman–Crippen MR) is 441 cm³/mol. The molecule has 12 aromatic rings. The highest BCUT2D eigenvalue weighted by molar-refractivity contribution is 6.00. The third-order valence-electron chi connectivity index (χ3n) is 24.2. The average molecular weight is 1690 g/mol. The van der Waals surface area contributed by atoms with Gasteiger partial charge in [0.2, 0.25) is 0 Å². The molecule has 24 rings (SSSR count). The van der Waals surface area contributed by atoms with Crippen LogP contribution in [0.4, 0.5) is 17.6 Å². The van der Waals surface area contributed by atoms with Crippen molar-refractivity contribution in [3.05, 3.63) is 250 Å². The number of fused-ring (bicyclic) bond motifs is 12. The Morgan fingerprint density at radius 3 is 1.10 bits per heavy atom. The monoisotopic (exact) mass is 1680 g/mol. The Hall–Kier alpha value is -13.4. The lowest BCUT2D eigenvalue weighted by atomic mass is 9.77. The average Bonchev–Trinajstić information content (AvgIpc) is 0.872. The van der Waals surface area contributed by atoms with E-state index in [0.717, 1.165) is 116 Å². The van der Waals surface area contributed by atoms with E-state index in [2.05, 4.69) is 75.4 Å². The van der Waals surface area contributed by atoms with Crippen LogP contribution in [0.25, 0.3) is 28.7 Å². The van der Waals surface area contributed by atoms with Gasteiger partial charge in [-0.3, -0.25) is 24.2 Å². The Labute approximate surface area is 711 Å². The molecule has 19 heterocycles. The van der Waals surface area contributed by atoms with Gasteiger partial charge in [0.1, 0.15) is 35.8 Å². The Kier molecular flexibility index (Phi) is 24.0. The fraction of sp³-hybridized carbons (Fsp3) is 0.389. The number of amides is 4. The lowest BCUT2D eigenvalue weighted by Crippen LogP contribution is -2.59. The maximum atomic E-state index is 14.4. The number of hydrogen-bond donors (Lipinski definition) is 0. The molecule has 8 aliphatic heterocycles. The number of nitrogens with zero attached hydrogens (tertiary/aromatic N) is 22. The summed E-state index contributed by atoms with van der Waals surface area (Å²) in [7, 11) is 0. The Balaban J connectivity index is 0.000000117. The van der Waals surface area contributed by atoms with Crippen LogP contribution in [-0.2, 0) is 0 Å².